The number of nitrogens with zero attached hydrogens (tertiary/aromatic N) is 5. The molecule has 2 aliphatic heterocycles. The number of ether oxygens (including phenoxy) is 1. The first-order chi connectivity index (χ1) is 11.4. The average molecular weight is 334 g/mol. The minimum atomic E-state index is 0.193. The summed E-state index contributed by atoms with van der Waals surface area (Å²) < 4.78 is 5.81. The van der Waals surface area contributed by atoms with Crippen molar-refractivity contribution in [3.8, 4) is 0 Å². The zero-order valence-corrected chi connectivity index (χ0v) is 15.1. The van der Waals surface area contributed by atoms with Gasteiger partial charge < -0.3 is 20.3 Å². The Morgan fingerprint density at radius 3 is 2.50 bits per heavy atom. The molecular formula is C17H30N6O. The number of hydrogen-bond acceptors (Lipinski definition) is 7. The summed E-state index contributed by atoms with van der Waals surface area (Å²) in [6.45, 7) is 11.8. The molecule has 2 aliphatic rings. The Morgan fingerprint density at radius 2 is 1.83 bits per heavy atom. The summed E-state index contributed by atoms with van der Waals surface area (Å²) >= 11 is 0. The van der Waals surface area contributed by atoms with Gasteiger partial charge in [0.05, 0.1) is 13.2 Å². The van der Waals surface area contributed by atoms with Crippen LogP contribution < -0.4 is 15.5 Å². The van der Waals surface area contributed by atoms with Crippen LogP contribution in [0.15, 0.2) is 6.33 Å². The average Bonchev–Trinajstić information content (AvgIpc) is 2.81. The lowest BCUT2D eigenvalue weighted by Gasteiger charge is -2.33. The Kier molecular flexibility index (Phi) is 5.20. The van der Waals surface area contributed by atoms with E-state index >= 15 is 0 Å². The molecule has 0 saturated carbocycles. The highest BCUT2D eigenvalue weighted by Crippen LogP contribution is 2.29. The van der Waals surface area contributed by atoms with Crippen LogP contribution in [0.5, 0.6) is 0 Å². The third-order valence-electron chi connectivity index (χ3n) is 5.06. The number of hydrogen-bond donors (Lipinski definition) is 1. The highest BCUT2D eigenvalue weighted by Gasteiger charge is 2.30. The van der Waals surface area contributed by atoms with Gasteiger partial charge in [0.15, 0.2) is 0 Å². The van der Waals surface area contributed by atoms with Crippen LogP contribution in [0.4, 0.5) is 11.9 Å². The molecule has 2 fully saturated rings. The van der Waals surface area contributed by atoms with Gasteiger partial charge in [-0.05, 0) is 18.3 Å². The van der Waals surface area contributed by atoms with E-state index in [4.69, 9.17) is 15.5 Å². The molecule has 1 aromatic heterocycles. The number of nitrogens with two attached hydrogens (primary N) is 1. The van der Waals surface area contributed by atoms with Crippen LogP contribution in [0.25, 0.3) is 0 Å². The fourth-order valence-electron chi connectivity index (χ4n) is 3.29. The highest BCUT2D eigenvalue weighted by molar-refractivity contribution is 5.38. The van der Waals surface area contributed by atoms with E-state index in [0.29, 0.717) is 12.5 Å². The molecule has 2 saturated heterocycles. The van der Waals surface area contributed by atoms with Gasteiger partial charge in [-0.15, -0.1) is 0 Å². The fourth-order valence-corrected chi connectivity index (χ4v) is 3.29. The van der Waals surface area contributed by atoms with E-state index in [1.807, 2.05) is 0 Å². The highest BCUT2D eigenvalue weighted by atomic mass is 16.5. The molecule has 3 heterocycles. The zero-order chi connectivity index (χ0) is 17.2. The molecule has 0 bridgehead atoms. The van der Waals surface area contributed by atoms with E-state index in [9.17, 15) is 0 Å². The van der Waals surface area contributed by atoms with Gasteiger partial charge in [0.25, 0.3) is 0 Å². The Hall–Kier alpha value is -1.47. The first-order valence-corrected chi connectivity index (χ1v) is 8.96. The Labute approximate surface area is 144 Å². The van der Waals surface area contributed by atoms with Crippen molar-refractivity contribution < 1.29 is 4.74 Å². The molecular weight excluding hydrogens is 304 g/mol. The minimum Gasteiger partial charge on any atom is -0.379 e. The molecule has 2 atom stereocenters. The van der Waals surface area contributed by atoms with Crippen LogP contribution in [0.2, 0.25) is 0 Å². The molecule has 24 heavy (non-hydrogen) atoms. The minimum absolute atomic E-state index is 0.193. The van der Waals surface area contributed by atoms with Crippen molar-refractivity contribution in [2.24, 2.45) is 17.1 Å². The van der Waals surface area contributed by atoms with E-state index in [1.165, 1.54) is 0 Å². The zero-order valence-electron chi connectivity index (χ0n) is 15.1. The van der Waals surface area contributed by atoms with Crippen LogP contribution in [-0.4, -0.2) is 60.4 Å². The number of anilines is 2. The summed E-state index contributed by atoms with van der Waals surface area (Å²) in [4.78, 5) is 17.9. The fraction of sp³-hybridized carbons (Fsp3) is 0.824. The summed E-state index contributed by atoms with van der Waals surface area (Å²) in [5, 5.41) is 0. The lowest BCUT2D eigenvalue weighted by Crippen LogP contribution is -2.44. The predicted molar refractivity (Wildman–Crippen MR) is 95.2 cm³/mol. The van der Waals surface area contributed by atoms with Crippen LogP contribution in [-0.2, 0) is 4.74 Å². The van der Waals surface area contributed by atoms with Gasteiger partial charge in [0, 0.05) is 38.1 Å². The van der Waals surface area contributed by atoms with Gasteiger partial charge in [0.2, 0.25) is 11.9 Å². The van der Waals surface area contributed by atoms with Gasteiger partial charge in [-0.2, -0.15) is 4.98 Å². The van der Waals surface area contributed by atoms with Gasteiger partial charge in [-0.1, -0.05) is 20.8 Å². The van der Waals surface area contributed by atoms with Gasteiger partial charge in [-0.25, -0.2) is 9.97 Å². The second-order valence-corrected chi connectivity index (χ2v) is 8.02. The lowest BCUT2D eigenvalue weighted by molar-refractivity contribution is 0.0798. The van der Waals surface area contributed by atoms with Crippen LogP contribution in [0.1, 0.15) is 33.6 Å². The molecule has 2 unspecified atom stereocenters. The van der Waals surface area contributed by atoms with Gasteiger partial charge >= 0.3 is 0 Å². The molecule has 0 amide bonds. The summed E-state index contributed by atoms with van der Waals surface area (Å²) in [7, 11) is 0. The van der Waals surface area contributed by atoms with Crippen LogP contribution in [0, 0.1) is 11.3 Å². The van der Waals surface area contributed by atoms with Crippen molar-refractivity contribution in [2.45, 2.75) is 39.7 Å². The standard InChI is InChI=1S/C17H30N6O/c1-17(2,3)13-9-23(7-8-24-11-13)16-20-12-19-15(21-16)22-6-4-5-14(18)10-22/h12-14H,4-11,18H2,1-3H3. The van der Waals surface area contributed by atoms with E-state index in [2.05, 4.69) is 40.5 Å². The summed E-state index contributed by atoms with van der Waals surface area (Å²) in [6.07, 6.45) is 3.78. The van der Waals surface area contributed by atoms with Crippen molar-refractivity contribution >= 4 is 11.9 Å². The summed E-state index contributed by atoms with van der Waals surface area (Å²) in [6, 6.07) is 0.204. The summed E-state index contributed by atoms with van der Waals surface area (Å²) in [5.41, 5.74) is 6.28. The second kappa shape index (κ2) is 7.19. The molecule has 2 N–H and O–H groups in total. The molecule has 7 nitrogen and oxygen atoms in total. The van der Waals surface area contributed by atoms with Crippen molar-refractivity contribution in [3.05, 3.63) is 6.33 Å². The predicted octanol–water partition coefficient (Wildman–Crippen LogP) is 1.30. The third-order valence-corrected chi connectivity index (χ3v) is 5.06. The van der Waals surface area contributed by atoms with Crippen molar-refractivity contribution in [1.29, 1.82) is 0 Å². The SMILES string of the molecule is CC(C)(C)C1COCCN(c2ncnc(N3CCCC(N)C3)n2)C1. The van der Waals surface area contributed by atoms with Crippen LogP contribution >= 0.6 is 0 Å². The lowest BCUT2D eigenvalue weighted by atomic mass is 9.81. The molecule has 0 aromatic carbocycles. The molecule has 1 aromatic rings. The van der Waals surface area contributed by atoms with E-state index in [0.717, 1.165) is 57.5 Å². The Balaban J connectivity index is 1.77. The normalized spacial score (nSPS) is 26.3. The Morgan fingerprint density at radius 1 is 1.12 bits per heavy atom. The maximum Gasteiger partial charge on any atom is 0.230 e. The van der Waals surface area contributed by atoms with Crippen molar-refractivity contribution in [2.75, 3.05) is 49.2 Å². The molecule has 3 rings (SSSR count). The molecule has 0 radical (unpaired) electrons. The van der Waals surface area contributed by atoms with Crippen molar-refractivity contribution in [3.63, 3.8) is 0 Å². The number of aromatic nitrogens is 3. The summed E-state index contributed by atoms with van der Waals surface area (Å²) in [5.74, 6) is 1.94. The maximum absolute atomic E-state index is 6.09. The third kappa shape index (κ3) is 4.13. The number of piperidine rings is 1. The topological polar surface area (TPSA) is 80.4 Å². The smallest absolute Gasteiger partial charge is 0.230 e. The van der Waals surface area contributed by atoms with E-state index in [-0.39, 0.29) is 11.5 Å². The van der Waals surface area contributed by atoms with Gasteiger partial charge in [0.1, 0.15) is 6.33 Å². The number of rotatable bonds is 2. The van der Waals surface area contributed by atoms with E-state index < -0.39 is 0 Å². The quantitative estimate of drug-likeness (QED) is 0.873. The molecule has 134 valence electrons. The second-order valence-electron chi connectivity index (χ2n) is 8.02. The molecule has 0 aliphatic carbocycles. The van der Waals surface area contributed by atoms with Gasteiger partial charge in [-0.3, -0.25) is 0 Å². The maximum atomic E-state index is 6.09. The largest absolute Gasteiger partial charge is 0.379 e. The van der Waals surface area contributed by atoms with Crippen LogP contribution in [0.3, 0.4) is 0 Å². The monoisotopic (exact) mass is 334 g/mol. The molecule has 7 heteroatoms. The Bertz CT molecular complexity index is 546. The van der Waals surface area contributed by atoms with Crippen molar-refractivity contribution in [1.82, 2.24) is 15.0 Å². The molecule has 0 spiro atoms. The first kappa shape index (κ1) is 17.4. The van der Waals surface area contributed by atoms with E-state index in [1.54, 1.807) is 6.33 Å². The first-order valence-electron chi connectivity index (χ1n) is 8.96.